The Hall–Kier alpha value is -1.79. The minimum Gasteiger partial charge on any atom is -0.338 e. The van der Waals surface area contributed by atoms with E-state index in [1.54, 1.807) is 0 Å². The predicted octanol–water partition coefficient (Wildman–Crippen LogP) is 4.58. The second-order valence-electron chi connectivity index (χ2n) is 7.37. The number of piperidine rings is 1. The molecule has 2 aliphatic rings. The number of rotatable bonds is 2. The molecule has 4 rings (SSSR count). The largest absolute Gasteiger partial charge is 0.338 e. The van der Waals surface area contributed by atoms with Crippen LogP contribution in [0.4, 0.5) is 0 Å². The van der Waals surface area contributed by atoms with E-state index in [1.165, 1.54) is 0 Å². The molecule has 146 valence electrons. The minimum atomic E-state index is -0.185. The van der Waals surface area contributed by atoms with Gasteiger partial charge < -0.3 is 9.80 Å². The van der Waals surface area contributed by atoms with Crippen LogP contribution in [0.2, 0.25) is 0 Å². The van der Waals surface area contributed by atoms with Gasteiger partial charge in [-0.3, -0.25) is 9.59 Å². The van der Waals surface area contributed by atoms with Crippen LogP contribution in [0.3, 0.4) is 0 Å². The molecule has 0 aliphatic carbocycles. The smallest absolute Gasteiger partial charge is 0.255 e. The summed E-state index contributed by atoms with van der Waals surface area (Å²) in [7, 11) is 0. The molecule has 2 aromatic carbocycles. The van der Waals surface area contributed by atoms with E-state index >= 15 is 0 Å². The Morgan fingerprint density at radius 3 is 2.32 bits per heavy atom. The van der Waals surface area contributed by atoms with E-state index in [2.05, 4.69) is 20.8 Å². The van der Waals surface area contributed by atoms with Crippen molar-refractivity contribution >= 4 is 39.5 Å². The summed E-state index contributed by atoms with van der Waals surface area (Å²) < 4.78 is 0.967. The van der Waals surface area contributed by atoms with E-state index < -0.39 is 0 Å². The van der Waals surface area contributed by atoms with Gasteiger partial charge in [-0.1, -0.05) is 34.1 Å². The maximum Gasteiger partial charge on any atom is 0.255 e. The Morgan fingerprint density at radius 2 is 1.64 bits per heavy atom. The Morgan fingerprint density at radius 1 is 0.964 bits per heavy atom. The third-order valence-corrected chi connectivity index (χ3v) is 7.80. The molecule has 0 atom stereocenters. The number of nitrogens with zero attached hydrogens (tertiary/aromatic N) is 2. The molecule has 0 aromatic heterocycles. The van der Waals surface area contributed by atoms with Crippen molar-refractivity contribution in [3.05, 3.63) is 69.7 Å². The number of hydrogen-bond donors (Lipinski definition) is 0. The van der Waals surface area contributed by atoms with Crippen molar-refractivity contribution in [1.29, 1.82) is 0 Å². The Labute approximate surface area is 178 Å². The average molecular weight is 459 g/mol. The van der Waals surface area contributed by atoms with Crippen LogP contribution in [-0.4, -0.2) is 51.9 Å². The fraction of sp³-hybridized carbons (Fsp3) is 0.364. The normalized spacial score (nSPS) is 18.5. The Kier molecular flexibility index (Phi) is 5.52. The molecule has 0 N–H and O–H groups in total. The second-order valence-corrected chi connectivity index (χ2v) is 9.74. The summed E-state index contributed by atoms with van der Waals surface area (Å²) in [5, 5.41) is 0. The Balaban J connectivity index is 1.48. The van der Waals surface area contributed by atoms with Gasteiger partial charge in [0, 0.05) is 41.0 Å². The van der Waals surface area contributed by atoms with E-state index in [-0.39, 0.29) is 16.7 Å². The van der Waals surface area contributed by atoms with Crippen LogP contribution in [0.25, 0.3) is 0 Å². The number of likely N-dealkylation sites (tertiary alicyclic amines) is 1. The van der Waals surface area contributed by atoms with Crippen molar-refractivity contribution in [2.24, 2.45) is 0 Å². The highest BCUT2D eigenvalue weighted by Gasteiger charge is 2.47. The van der Waals surface area contributed by atoms with Crippen LogP contribution in [-0.2, 0) is 0 Å². The number of aryl methyl sites for hydroxylation is 1. The summed E-state index contributed by atoms with van der Waals surface area (Å²) in [5.74, 6) is 1.15. The average Bonchev–Trinajstić information content (AvgIpc) is 3.11. The zero-order valence-electron chi connectivity index (χ0n) is 15.9. The molecular formula is C22H23BrN2O2S. The zero-order valence-corrected chi connectivity index (χ0v) is 18.3. The van der Waals surface area contributed by atoms with Crippen molar-refractivity contribution in [1.82, 2.24) is 9.80 Å². The fourth-order valence-electron chi connectivity index (χ4n) is 4.10. The molecule has 2 saturated heterocycles. The number of carbonyl (C=O) groups is 2. The van der Waals surface area contributed by atoms with Gasteiger partial charge in [-0.15, -0.1) is 11.8 Å². The van der Waals surface area contributed by atoms with Gasteiger partial charge in [0.2, 0.25) is 0 Å². The summed E-state index contributed by atoms with van der Waals surface area (Å²) in [4.78, 5) is 29.8. The van der Waals surface area contributed by atoms with Crippen molar-refractivity contribution in [3.8, 4) is 0 Å². The predicted molar refractivity (Wildman–Crippen MR) is 117 cm³/mol. The molecule has 2 aromatic rings. The molecule has 0 radical (unpaired) electrons. The van der Waals surface area contributed by atoms with Crippen LogP contribution in [0.15, 0.2) is 53.0 Å². The van der Waals surface area contributed by atoms with Crippen molar-refractivity contribution in [3.63, 3.8) is 0 Å². The summed E-state index contributed by atoms with van der Waals surface area (Å²) >= 11 is 5.29. The van der Waals surface area contributed by atoms with Crippen LogP contribution in [0, 0.1) is 6.92 Å². The van der Waals surface area contributed by atoms with Gasteiger partial charge in [-0.2, -0.15) is 0 Å². The van der Waals surface area contributed by atoms with Crippen molar-refractivity contribution in [2.75, 3.05) is 25.4 Å². The van der Waals surface area contributed by atoms with Gasteiger partial charge in [0.15, 0.2) is 0 Å². The van der Waals surface area contributed by atoms with Crippen molar-refractivity contribution < 1.29 is 9.59 Å². The molecule has 1 spiro atoms. The summed E-state index contributed by atoms with van der Waals surface area (Å²) in [6.45, 7) is 4.12. The van der Waals surface area contributed by atoms with E-state index in [4.69, 9.17) is 0 Å². The number of carbonyl (C=O) groups excluding carboxylic acids is 2. The molecule has 6 heteroatoms. The first-order chi connectivity index (χ1) is 13.5. The van der Waals surface area contributed by atoms with Gasteiger partial charge in [-0.05, 0) is 55.7 Å². The molecule has 2 aliphatic heterocycles. The lowest BCUT2D eigenvalue weighted by atomic mass is 9.99. The molecule has 28 heavy (non-hydrogen) atoms. The molecule has 2 fully saturated rings. The maximum atomic E-state index is 13.2. The van der Waals surface area contributed by atoms with Crippen LogP contribution in [0.5, 0.6) is 0 Å². The van der Waals surface area contributed by atoms with E-state index in [1.807, 2.05) is 72.1 Å². The molecule has 2 amide bonds. The van der Waals surface area contributed by atoms with Gasteiger partial charge >= 0.3 is 0 Å². The lowest BCUT2D eigenvalue weighted by Crippen LogP contribution is -2.53. The van der Waals surface area contributed by atoms with Gasteiger partial charge in [0.25, 0.3) is 11.8 Å². The van der Waals surface area contributed by atoms with Crippen molar-refractivity contribution in [2.45, 2.75) is 24.6 Å². The third-order valence-electron chi connectivity index (χ3n) is 5.72. The molecule has 2 heterocycles. The molecular weight excluding hydrogens is 436 g/mol. The monoisotopic (exact) mass is 458 g/mol. The zero-order chi connectivity index (χ0) is 19.7. The first-order valence-corrected chi connectivity index (χ1v) is 11.3. The fourth-order valence-corrected chi connectivity index (χ4v) is 5.82. The van der Waals surface area contributed by atoms with Gasteiger partial charge in [0.05, 0.1) is 4.87 Å². The number of amides is 2. The highest BCUT2D eigenvalue weighted by atomic mass is 79.9. The standard InChI is InChI=1S/C22H23BrN2O2S/c1-16-4-2-3-5-19(16)21(27)25-14-15-28-22(25)10-12-24(13-11-22)20(26)17-6-8-18(23)9-7-17/h2-9H,10-15H2,1H3. The quantitative estimate of drug-likeness (QED) is 0.660. The number of halogens is 1. The topological polar surface area (TPSA) is 40.6 Å². The van der Waals surface area contributed by atoms with E-state index in [0.29, 0.717) is 18.7 Å². The molecule has 0 saturated carbocycles. The summed E-state index contributed by atoms with van der Waals surface area (Å²) in [6, 6.07) is 15.3. The molecule has 4 nitrogen and oxygen atoms in total. The first-order valence-electron chi connectivity index (χ1n) is 9.57. The highest BCUT2D eigenvalue weighted by molar-refractivity contribution is 9.10. The van der Waals surface area contributed by atoms with Gasteiger partial charge in [0.1, 0.15) is 0 Å². The summed E-state index contributed by atoms with van der Waals surface area (Å²) in [5.41, 5.74) is 2.52. The Bertz CT molecular complexity index is 892. The number of benzene rings is 2. The SMILES string of the molecule is Cc1ccccc1C(=O)N1CCSC12CCN(C(=O)c1ccc(Br)cc1)CC2. The summed E-state index contributed by atoms with van der Waals surface area (Å²) in [6.07, 6.45) is 1.63. The molecule has 0 bridgehead atoms. The highest BCUT2D eigenvalue weighted by Crippen LogP contribution is 2.44. The van der Waals surface area contributed by atoms with E-state index in [9.17, 15) is 9.59 Å². The minimum absolute atomic E-state index is 0.0714. The van der Waals surface area contributed by atoms with Gasteiger partial charge in [-0.25, -0.2) is 0 Å². The van der Waals surface area contributed by atoms with Crippen LogP contribution < -0.4 is 0 Å². The van der Waals surface area contributed by atoms with Crippen LogP contribution in [0.1, 0.15) is 39.1 Å². The van der Waals surface area contributed by atoms with Crippen LogP contribution >= 0.6 is 27.7 Å². The number of hydrogen-bond acceptors (Lipinski definition) is 3. The first kappa shape index (κ1) is 19.5. The third kappa shape index (κ3) is 3.60. The maximum absolute atomic E-state index is 13.2. The second kappa shape index (κ2) is 7.91. The number of thioether (sulfide) groups is 1. The lowest BCUT2D eigenvalue weighted by molar-refractivity contribution is 0.0497. The molecule has 0 unspecified atom stereocenters. The lowest BCUT2D eigenvalue weighted by Gasteiger charge is -2.44. The van der Waals surface area contributed by atoms with E-state index in [0.717, 1.165) is 40.7 Å².